The molecule has 3 rings (SSSR count). The van der Waals surface area contributed by atoms with Crippen molar-refractivity contribution in [3.05, 3.63) is 53.6 Å². The number of carbonyl (C=O) groups is 1. The van der Waals surface area contributed by atoms with E-state index in [4.69, 9.17) is 16.3 Å². The number of hydrogen-bond donors (Lipinski definition) is 0. The van der Waals surface area contributed by atoms with E-state index in [9.17, 15) is 4.79 Å². The summed E-state index contributed by atoms with van der Waals surface area (Å²) < 4.78 is 6.79. The molecule has 0 fully saturated rings. The second-order valence-corrected chi connectivity index (χ2v) is 6.90. The van der Waals surface area contributed by atoms with E-state index < -0.39 is 0 Å². The standard InChI is InChI=1S/C17H19ClN2O2/c1-17(2)8-13(18)11-6-4-5-7-12(11)15(17)20-10-19-9-14(20)16(21)22-3/h4-7,9-10,13,15H,8H2,1-3H3. The number of carbonyl (C=O) groups excluding carboxylic acids is 1. The number of imidazole rings is 1. The number of methoxy groups -OCH3 is 1. The van der Waals surface area contributed by atoms with Crippen molar-refractivity contribution in [3.8, 4) is 0 Å². The fraction of sp³-hybridized carbons (Fsp3) is 0.412. The molecule has 0 radical (unpaired) electrons. The number of ether oxygens (including phenoxy) is 1. The highest BCUT2D eigenvalue weighted by atomic mass is 35.5. The lowest BCUT2D eigenvalue weighted by molar-refractivity contribution is 0.0580. The molecule has 1 aliphatic rings. The third-order valence-electron chi connectivity index (χ3n) is 4.41. The molecule has 116 valence electrons. The molecule has 2 unspecified atom stereocenters. The second-order valence-electron chi connectivity index (χ2n) is 6.37. The Morgan fingerprint density at radius 1 is 1.36 bits per heavy atom. The number of aromatic nitrogens is 2. The molecule has 1 aliphatic carbocycles. The molecular formula is C17H19ClN2O2. The SMILES string of the molecule is COC(=O)c1cncn1C1c2ccccc2C(Cl)CC1(C)C. The molecule has 1 heterocycles. The molecule has 0 saturated carbocycles. The first kappa shape index (κ1) is 15.1. The normalized spacial score (nSPS) is 22.9. The van der Waals surface area contributed by atoms with Gasteiger partial charge in [0.05, 0.1) is 31.1 Å². The van der Waals surface area contributed by atoms with Crippen LogP contribution in [0.3, 0.4) is 0 Å². The molecule has 0 bridgehead atoms. The second kappa shape index (κ2) is 5.43. The molecule has 2 atom stereocenters. The molecule has 1 aromatic heterocycles. The maximum Gasteiger partial charge on any atom is 0.356 e. The highest BCUT2D eigenvalue weighted by Crippen LogP contribution is 2.52. The summed E-state index contributed by atoms with van der Waals surface area (Å²) in [5.74, 6) is -0.376. The van der Waals surface area contributed by atoms with Crippen molar-refractivity contribution in [3.63, 3.8) is 0 Å². The molecule has 4 nitrogen and oxygen atoms in total. The van der Waals surface area contributed by atoms with Crippen LogP contribution < -0.4 is 0 Å². The highest BCUT2D eigenvalue weighted by molar-refractivity contribution is 6.21. The Balaban J connectivity index is 2.19. The van der Waals surface area contributed by atoms with Crippen LogP contribution in [0.5, 0.6) is 0 Å². The number of fused-ring (bicyclic) bond motifs is 1. The van der Waals surface area contributed by atoms with E-state index in [1.165, 1.54) is 7.11 Å². The minimum Gasteiger partial charge on any atom is -0.464 e. The van der Waals surface area contributed by atoms with Crippen molar-refractivity contribution < 1.29 is 9.53 Å². The number of benzene rings is 1. The van der Waals surface area contributed by atoms with E-state index >= 15 is 0 Å². The van der Waals surface area contributed by atoms with Gasteiger partial charge in [-0.3, -0.25) is 0 Å². The summed E-state index contributed by atoms with van der Waals surface area (Å²) in [7, 11) is 1.38. The first-order valence-electron chi connectivity index (χ1n) is 7.28. The van der Waals surface area contributed by atoms with E-state index in [2.05, 4.69) is 31.0 Å². The Hall–Kier alpha value is -1.81. The number of nitrogens with zero attached hydrogens (tertiary/aromatic N) is 2. The largest absolute Gasteiger partial charge is 0.464 e. The lowest BCUT2D eigenvalue weighted by Gasteiger charge is -2.43. The third kappa shape index (κ3) is 2.31. The smallest absolute Gasteiger partial charge is 0.356 e. The fourth-order valence-electron chi connectivity index (χ4n) is 3.45. The molecule has 2 aromatic rings. The van der Waals surface area contributed by atoms with E-state index in [1.54, 1.807) is 12.5 Å². The van der Waals surface area contributed by atoms with Crippen LogP contribution in [0.4, 0.5) is 0 Å². The third-order valence-corrected chi connectivity index (χ3v) is 4.80. The van der Waals surface area contributed by atoms with Crippen LogP contribution in [0, 0.1) is 5.41 Å². The van der Waals surface area contributed by atoms with Gasteiger partial charge in [-0.2, -0.15) is 0 Å². The van der Waals surface area contributed by atoms with Crippen LogP contribution in [0.25, 0.3) is 0 Å². The van der Waals surface area contributed by atoms with Crippen molar-refractivity contribution >= 4 is 17.6 Å². The number of rotatable bonds is 2. The monoisotopic (exact) mass is 318 g/mol. The lowest BCUT2D eigenvalue weighted by Crippen LogP contribution is -2.35. The lowest BCUT2D eigenvalue weighted by atomic mass is 9.70. The van der Waals surface area contributed by atoms with Gasteiger partial charge in [0.2, 0.25) is 0 Å². The van der Waals surface area contributed by atoms with Crippen molar-refractivity contribution in [2.45, 2.75) is 31.7 Å². The average molecular weight is 319 g/mol. The molecule has 1 aromatic carbocycles. The number of esters is 1. The van der Waals surface area contributed by atoms with Gasteiger partial charge >= 0.3 is 5.97 Å². The van der Waals surface area contributed by atoms with Gasteiger partial charge in [0.15, 0.2) is 0 Å². The van der Waals surface area contributed by atoms with Crippen LogP contribution in [0.1, 0.15) is 53.3 Å². The maximum atomic E-state index is 12.0. The Morgan fingerprint density at radius 3 is 2.73 bits per heavy atom. The quantitative estimate of drug-likeness (QED) is 0.621. The molecule has 5 heteroatoms. The van der Waals surface area contributed by atoms with Gasteiger partial charge in [0.25, 0.3) is 0 Å². The zero-order chi connectivity index (χ0) is 15.9. The summed E-state index contributed by atoms with van der Waals surface area (Å²) in [4.78, 5) is 16.2. The van der Waals surface area contributed by atoms with Crippen LogP contribution in [-0.4, -0.2) is 22.6 Å². The fourth-order valence-corrected chi connectivity index (χ4v) is 4.05. The van der Waals surface area contributed by atoms with E-state index in [-0.39, 0.29) is 22.8 Å². The number of alkyl halides is 1. The minimum atomic E-state index is -0.376. The average Bonchev–Trinajstić information content (AvgIpc) is 2.94. The molecular weight excluding hydrogens is 300 g/mol. The summed E-state index contributed by atoms with van der Waals surface area (Å²) >= 11 is 6.57. The Kier molecular flexibility index (Phi) is 3.73. The van der Waals surface area contributed by atoms with Crippen LogP contribution in [0.2, 0.25) is 0 Å². The van der Waals surface area contributed by atoms with Crippen LogP contribution >= 0.6 is 11.6 Å². The predicted octanol–water partition coefficient (Wildman–Crippen LogP) is 3.97. The Labute approximate surface area is 135 Å². The first-order valence-corrected chi connectivity index (χ1v) is 7.72. The van der Waals surface area contributed by atoms with E-state index in [0.717, 1.165) is 17.5 Å². The van der Waals surface area contributed by atoms with Gasteiger partial charge in [0.1, 0.15) is 5.69 Å². The molecule has 0 aliphatic heterocycles. The molecule has 22 heavy (non-hydrogen) atoms. The van der Waals surface area contributed by atoms with Crippen molar-refractivity contribution in [2.75, 3.05) is 7.11 Å². The van der Waals surface area contributed by atoms with Gasteiger partial charge in [-0.05, 0) is 23.0 Å². The summed E-state index contributed by atoms with van der Waals surface area (Å²) in [6, 6.07) is 8.14. The van der Waals surface area contributed by atoms with E-state index in [0.29, 0.717) is 5.69 Å². The maximum absolute atomic E-state index is 12.0. The zero-order valence-electron chi connectivity index (χ0n) is 12.9. The van der Waals surface area contributed by atoms with Crippen molar-refractivity contribution in [1.82, 2.24) is 9.55 Å². The molecule has 0 N–H and O–H groups in total. The van der Waals surface area contributed by atoms with Crippen LogP contribution in [0.15, 0.2) is 36.8 Å². The summed E-state index contributed by atoms with van der Waals surface area (Å²) in [5, 5.41) is -0.0208. The number of halogens is 1. The topological polar surface area (TPSA) is 44.1 Å². The van der Waals surface area contributed by atoms with E-state index in [1.807, 2.05) is 16.7 Å². The molecule has 0 saturated heterocycles. The Morgan fingerprint density at radius 2 is 2.05 bits per heavy atom. The summed E-state index contributed by atoms with van der Waals surface area (Å²) in [6.07, 6.45) is 4.08. The van der Waals surface area contributed by atoms with Crippen LogP contribution in [-0.2, 0) is 4.74 Å². The first-order chi connectivity index (χ1) is 10.5. The zero-order valence-corrected chi connectivity index (χ0v) is 13.7. The predicted molar refractivity (Wildman–Crippen MR) is 85.1 cm³/mol. The summed E-state index contributed by atoms with van der Waals surface area (Å²) in [5.41, 5.74) is 2.62. The highest BCUT2D eigenvalue weighted by Gasteiger charge is 2.41. The van der Waals surface area contributed by atoms with Crippen molar-refractivity contribution in [2.24, 2.45) is 5.41 Å². The molecule has 0 spiro atoms. The van der Waals surface area contributed by atoms with Gasteiger partial charge in [-0.25, -0.2) is 9.78 Å². The summed E-state index contributed by atoms with van der Waals surface area (Å²) in [6.45, 7) is 4.34. The van der Waals surface area contributed by atoms with Gasteiger partial charge < -0.3 is 9.30 Å². The van der Waals surface area contributed by atoms with Gasteiger partial charge in [-0.1, -0.05) is 38.1 Å². The minimum absolute atomic E-state index is 0.00435. The Bertz CT molecular complexity index is 708. The van der Waals surface area contributed by atoms with Gasteiger partial charge in [0, 0.05) is 0 Å². The molecule has 0 amide bonds. The number of hydrogen-bond acceptors (Lipinski definition) is 3. The van der Waals surface area contributed by atoms with Gasteiger partial charge in [-0.15, -0.1) is 11.6 Å². The van der Waals surface area contributed by atoms with Crippen molar-refractivity contribution in [1.29, 1.82) is 0 Å².